The summed E-state index contributed by atoms with van der Waals surface area (Å²) in [6.07, 6.45) is 0.869. The summed E-state index contributed by atoms with van der Waals surface area (Å²) in [6.45, 7) is 2.11. The Morgan fingerprint density at radius 3 is 2.82 bits per heavy atom. The monoisotopic (exact) mass is 228 g/mol. The number of hydrogen-bond donors (Lipinski definition) is 0. The quantitative estimate of drug-likeness (QED) is 0.556. The molecule has 17 heavy (non-hydrogen) atoms. The first-order chi connectivity index (χ1) is 8.25. The van der Waals surface area contributed by atoms with Gasteiger partial charge in [-0.1, -0.05) is 24.3 Å². The Bertz CT molecular complexity index is 602. The van der Waals surface area contributed by atoms with E-state index in [2.05, 4.69) is 0 Å². The molecular weight excluding hydrogens is 216 g/mol. The summed E-state index contributed by atoms with van der Waals surface area (Å²) in [5.74, 6) is 1.25. The molecule has 3 heteroatoms. The van der Waals surface area contributed by atoms with Crippen molar-refractivity contribution in [3.8, 4) is 11.5 Å². The molecule has 0 spiro atoms. The van der Waals surface area contributed by atoms with E-state index in [-0.39, 0.29) is 5.97 Å². The lowest BCUT2D eigenvalue weighted by atomic mass is 10.0. The standard InChI is InChI=1S/C14H12O3/c1-9(15)17-13-8-10-6-7-16-14(10)12-5-3-2-4-11(12)13/h2-5,8H,6-7H2,1H3. The fourth-order valence-corrected chi connectivity index (χ4v) is 2.23. The van der Waals surface area contributed by atoms with Gasteiger partial charge in [0, 0.05) is 29.7 Å². The summed E-state index contributed by atoms with van der Waals surface area (Å²) in [5, 5.41) is 1.93. The number of esters is 1. The predicted octanol–water partition coefficient (Wildman–Crippen LogP) is 2.70. The smallest absolute Gasteiger partial charge is 0.308 e. The third-order valence-electron chi connectivity index (χ3n) is 2.91. The van der Waals surface area contributed by atoms with E-state index in [1.165, 1.54) is 6.92 Å². The minimum absolute atomic E-state index is 0.297. The minimum atomic E-state index is -0.297. The number of carbonyl (C=O) groups excluding carboxylic acids is 1. The Labute approximate surface area is 99.0 Å². The molecular formula is C14H12O3. The fraction of sp³-hybridized carbons (Fsp3) is 0.214. The third-order valence-corrected chi connectivity index (χ3v) is 2.91. The lowest BCUT2D eigenvalue weighted by molar-refractivity contribution is -0.131. The van der Waals surface area contributed by atoms with E-state index in [4.69, 9.17) is 9.47 Å². The van der Waals surface area contributed by atoms with Crippen LogP contribution in [-0.4, -0.2) is 12.6 Å². The highest BCUT2D eigenvalue weighted by atomic mass is 16.5. The van der Waals surface area contributed by atoms with Crippen LogP contribution in [0.4, 0.5) is 0 Å². The predicted molar refractivity (Wildman–Crippen MR) is 64.5 cm³/mol. The van der Waals surface area contributed by atoms with Gasteiger partial charge in [-0.3, -0.25) is 4.79 Å². The number of rotatable bonds is 1. The van der Waals surface area contributed by atoms with E-state index < -0.39 is 0 Å². The summed E-state index contributed by atoms with van der Waals surface area (Å²) < 4.78 is 10.9. The maximum Gasteiger partial charge on any atom is 0.308 e. The number of ether oxygens (including phenoxy) is 2. The number of fused-ring (bicyclic) bond motifs is 3. The summed E-state index contributed by atoms with van der Waals surface area (Å²) in [5.41, 5.74) is 1.11. The molecule has 0 amide bonds. The van der Waals surface area contributed by atoms with Crippen LogP contribution in [0.1, 0.15) is 12.5 Å². The normalized spacial score (nSPS) is 13.2. The van der Waals surface area contributed by atoms with E-state index in [0.717, 1.165) is 28.5 Å². The van der Waals surface area contributed by atoms with Gasteiger partial charge in [-0.25, -0.2) is 0 Å². The Morgan fingerprint density at radius 2 is 2.06 bits per heavy atom. The lowest BCUT2D eigenvalue weighted by Gasteiger charge is -2.10. The van der Waals surface area contributed by atoms with Crippen LogP contribution < -0.4 is 9.47 Å². The minimum Gasteiger partial charge on any atom is -0.492 e. The van der Waals surface area contributed by atoms with Gasteiger partial charge < -0.3 is 9.47 Å². The molecule has 0 saturated carbocycles. The van der Waals surface area contributed by atoms with Gasteiger partial charge in [0.1, 0.15) is 11.5 Å². The van der Waals surface area contributed by atoms with Crippen molar-refractivity contribution in [2.45, 2.75) is 13.3 Å². The first-order valence-corrected chi connectivity index (χ1v) is 5.61. The molecule has 0 fully saturated rings. The molecule has 3 nitrogen and oxygen atoms in total. The van der Waals surface area contributed by atoms with Crippen LogP contribution >= 0.6 is 0 Å². The second-order valence-corrected chi connectivity index (χ2v) is 4.10. The molecule has 2 aromatic carbocycles. The highest BCUT2D eigenvalue weighted by Crippen LogP contribution is 2.39. The summed E-state index contributed by atoms with van der Waals surface area (Å²) >= 11 is 0. The van der Waals surface area contributed by atoms with E-state index in [1.54, 1.807) is 0 Å². The average Bonchev–Trinajstić information content (AvgIpc) is 2.77. The first-order valence-electron chi connectivity index (χ1n) is 5.61. The van der Waals surface area contributed by atoms with Gasteiger partial charge in [-0.15, -0.1) is 0 Å². The Morgan fingerprint density at radius 1 is 1.29 bits per heavy atom. The number of hydrogen-bond acceptors (Lipinski definition) is 3. The van der Waals surface area contributed by atoms with Gasteiger partial charge >= 0.3 is 5.97 Å². The molecule has 86 valence electrons. The van der Waals surface area contributed by atoms with Crippen LogP contribution in [0.15, 0.2) is 30.3 Å². The Hall–Kier alpha value is -2.03. The molecule has 1 heterocycles. The zero-order valence-electron chi connectivity index (χ0n) is 9.53. The molecule has 1 aliphatic rings. The van der Waals surface area contributed by atoms with Crippen LogP contribution in [-0.2, 0) is 11.2 Å². The van der Waals surface area contributed by atoms with Gasteiger partial charge in [0.15, 0.2) is 0 Å². The SMILES string of the molecule is CC(=O)Oc1cc2c(c3ccccc13)OCC2. The Balaban J connectivity index is 2.28. The maximum absolute atomic E-state index is 11.1. The highest BCUT2D eigenvalue weighted by molar-refractivity contribution is 5.96. The van der Waals surface area contributed by atoms with Crippen LogP contribution in [0.2, 0.25) is 0 Å². The molecule has 0 aliphatic carbocycles. The van der Waals surface area contributed by atoms with Crippen molar-refractivity contribution in [3.05, 3.63) is 35.9 Å². The van der Waals surface area contributed by atoms with E-state index in [1.807, 2.05) is 30.3 Å². The van der Waals surface area contributed by atoms with E-state index in [0.29, 0.717) is 12.4 Å². The maximum atomic E-state index is 11.1. The molecule has 0 saturated heterocycles. The van der Waals surface area contributed by atoms with Crippen molar-refractivity contribution in [2.24, 2.45) is 0 Å². The molecule has 3 rings (SSSR count). The second kappa shape index (κ2) is 3.77. The molecule has 2 aromatic rings. The summed E-state index contributed by atoms with van der Waals surface area (Å²) in [6, 6.07) is 9.73. The zero-order valence-corrected chi connectivity index (χ0v) is 9.53. The van der Waals surface area contributed by atoms with Crippen LogP contribution in [0.5, 0.6) is 11.5 Å². The molecule has 0 atom stereocenters. The molecule has 0 aromatic heterocycles. The first kappa shape index (κ1) is 10.1. The van der Waals surface area contributed by atoms with E-state index in [9.17, 15) is 4.79 Å². The van der Waals surface area contributed by atoms with Crippen molar-refractivity contribution >= 4 is 16.7 Å². The Kier molecular flexibility index (Phi) is 2.25. The largest absolute Gasteiger partial charge is 0.492 e. The van der Waals surface area contributed by atoms with Gasteiger partial charge in [0.2, 0.25) is 0 Å². The molecule has 1 aliphatic heterocycles. The summed E-state index contributed by atoms with van der Waals surface area (Å²) in [7, 11) is 0. The molecule has 0 N–H and O–H groups in total. The van der Waals surface area contributed by atoms with Crippen molar-refractivity contribution in [1.82, 2.24) is 0 Å². The third kappa shape index (κ3) is 1.64. The summed E-state index contributed by atoms with van der Waals surface area (Å²) in [4.78, 5) is 11.1. The van der Waals surface area contributed by atoms with Crippen molar-refractivity contribution in [2.75, 3.05) is 6.61 Å². The topological polar surface area (TPSA) is 35.5 Å². The molecule has 0 bridgehead atoms. The van der Waals surface area contributed by atoms with Gasteiger partial charge in [-0.2, -0.15) is 0 Å². The van der Waals surface area contributed by atoms with Crippen molar-refractivity contribution in [1.29, 1.82) is 0 Å². The fourth-order valence-electron chi connectivity index (χ4n) is 2.23. The van der Waals surface area contributed by atoms with Crippen molar-refractivity contribution < 1.29 is 14.3 Å². The highest BCUT2D eigenvalue weighted by Gasteiger charge is 2.19. The van der Waals surface area contributed by atoms with Gasteiger partial charge in [-0.05, 0) is 6.07 Å². The molecule has 0 radical (unpaired) electrons. The number of carbonyl (C=O) groups is 1. The van der Waals surface area contributed by atoms with Crippen molar-refractivity contribution in [3.63, 3.8) is 0 Å². The van der Waals surface area contributed by atoms with Crippen LogP contribution in [0.3, 0.4) is 0 Å². The van der Waals surface area contributed by atoms with Crippen LogP contribution in [0, 0.1) is 0 Å². The van der Waals surface area contributed by atoms with Crippen LogP contribution in [0.25, 0.3) is 10.8 Å². The second-order valence-electron chi connectivity index (χ2n) is 4.10. The zero-order chi connectivity index (χ0) is 11.8. The van der Waals surface area contributed by atoms with Gasteiger partial charge in [0.25, 0.3) is 0 Å². The van der Waals surface area contributed by atoms with E-state index >= 15 is 0 Å². The van der Waals surface area contributed by atoms with Gasteiger partial charge in [0.05, 0.1) is 6.61 Å². The lowest BCUT2D eigenvalue weighted by Crippen LogP contribution is -2.02. The molecule has 0 unspecified atom stereocenters. The number of benzene rings is 2. The average molecular weight is 228 g/mol.